The summed E-state index contributed by atoms with van der Waals surface area (Å²) in [5, 5.41) is 4.65. The number of hydrogen-bond acceptors (Lipinski definition) is 5. The summed E-state index contributed by atoms with van der Waals surface area (Å²) in [6, 6.07) is 2.06. The second-order valence-corrected chi connectivity index (χ2v) is 5.30. The molecule has 0 aromatic carbocycles. The molecule has 3 heterocycles. The maximum absolute atomic E-state index is 5.88. The van der Waals surface area contributed by atoms with Gasteiger partial charge in [0, 0.05) is 46.0 Å². The molecule has 3 rings (SSSR count). The first-order valence-electron chi connectivity index (χ1n) is 6.64. The standard InChI is InChI=1S/C13H17ClN6/c1-18-11(2-3-16-18)10-19-4-6-20(7-5-19)13-9-15-8-12(14)17-13/h2-3,8-9H,4-7,10H2,1H3. The number of nitrogens with zero attached hydrogens (tertiary/aromatic N) is 6. The minimum atomic E-state index is 0.444. The van der Waals surface area contributed by atoms with Gasteiger partial charge in [-0.15, -0.1) is 0 Å². The van der Waals surface area contributed by atoms with Gasteiger partial charge in [-0.3, -0.25) is 14.6 Å². The van der Waals surface area contributed by atoms with Crippen molar-refractivity contribution < 1.29 is 0 Å². The third-order valence-electron chi connectivity index (χ3n) is 3.60. The van der Waals surface area contributed by atoms with Crippen LogP contribution >= 0.6 is 11.6 Å². The molecular formula is C13H17ClN6. The number of anilines is 1. The average Bonchev–Trinajstić information content (AvgIpc) is 2.85. The first-order chi connectivity index (χ1) is 9.72. The van der Waals surface area contributed by atoms with E-state index < -0.39 is 0 Å². The van der Waals surface area contributed by atoms with E-state index in [0.29, 0.717) is 5.15 Å². The molecule has 6 nitrogen and oxygen atoms in total. The zero-order valence-corrected chi connectivity index (χ0v) is 12.2. The Morgan fingerprint density at radius 3 is 2.65 bits per heavy atom. The SMILES string of the molecule is Cn1nccc1CN1CCN(c2cncc(Cl)n2)CC1. The highest BCUT2D eigenvalue weighted by atomic mass is 35.5. The van der Waals surface area contributed by atoms with E-state index in [2.05, 4.69) is 30.9 Å². The topological polar surface area (TPSA) is 50.1 Å². The molecule has 106 valence electrons. The Balaban J connectivity index is 1.58. The monoisotopic (exact) mass is 292 g/mol. The summed E-state index contributed by atoms with van der Waals surface area (Å²) in [4.78, 5) is 13.0. The van der Waals surface area contributed by atoms with Crippen LogP contribution in [0.4, 0.5) is 5.82 Å². The largest absolute Gasteiger partial charge is 0.353 e. The highest BCUT2D eigenvalue weighted by Gasteiger charge is 2.19. The molecule has 0 atom stereocenters. The van der Waals surface area contributed by atoms with E-state index in [1.807, 2.05) is 17.9 Å². The van der Waals surface area contributed by atoms with Crippen molar-refractivity contribution in [2.24, 2.45) is 7.05 Å². The van der Waals surface area contributed by atoms with Crippen LogP contribution < -0.4 is 4.90 Å². The van der Waals surface area contributed by atoms with Crippen molar-refractivity contribution in [3.8, 4) is 0 Å². The van der Waals surface area contributed by atoms with E-state index in [0.717, 1.165) is 38.5 Å². The van der Waals surface area contributed by atoms with Crippen LogP contribution in [0.1, 0.15) is 5.69 Å². The number of hydrogen-bond donors (Lipinski definition) is 0. The molecule has 1 saturated heterocycles. The van der Waals surface area contributed by atoms with Gasteiger partial charge < -0.3 is 4.90 Å². The van der Waals surface area contributed by atoms with Crippen LogP contribution in [0.15, 0.2) is 24.7 Å². The van der Waals surface area contributed by atoms with Crippen LogP contribution in [0.5, 0.6) is 0 Å². The molecule has 0 unspecified atom stereocenters. The average molecular weight is 293 g/mol. The molecule has 0 N–H and O–H groups in total. The maximum Gasteiger partial charge on any atom is 0.149 e. The van der Waals surface area contributed by atoms with Crippen molar-refractivity contribution in [3.05, 3.63) is 35.5 Å². The fourth-order valence-electron chi connectivity index (χ4n) is 2.41. The zero-order valence-electron chi connectivity index (χ0n) is 11.4. The fourth-order valence-corrected chi connectivity index (χ4v) is 2.55. The van der Waals surface area contributed by atoms with E-state index in [9.17, 15) is 0 Å². The van der Waals surface area contributed by atoms with Crippen LogP contribution in [0.3, 0.4) is 0 Å². The number of piperazine rings is 1. The van der Waals surface area contributed by atoms with E-state index in [1.54, 1.807) is 12.4 Å². The normalized spacial score (nSPS) is 16.6. The molecule has 20 heavy (non-hydrogen) atoms. The van der Waals surface area contributed by atoms with Crippen molar-refractivity contribution in [1.82, 2.24) is 24.6 Å². The van der Waals surface area contributed by atoms with Gasteiger partial charge in [0.1, 0.15) is 11.0 Å². The third kappa shape index (κ3) is 2.91. The fraction of sp³-hybridized carbons (Fsp3) is 0.462. The molecule has 0 aliphatic carbocycles. The van der Waals surface area contributed by atoms with Crippen LogP contribution in [-0.4, -0.2) is 50.8 Å². The van der Waals surface area contributed by atoms with Gasteiger partial charge in [0.05, 0.1) is 18.1 Å². The van der Waals surface area contributed by atoms with E-state index >= 15 is 0 Å². The minimum Gasteiger partial charge on any atom is -0.353 e. The van der Waals surface area contributed by atoms with Crippen molar-refractivity contribution in [3.63, 3.8) is 0 Å². The Kier molecular flexibility index (Phi) is 3.84. The second-order valence-electron chi connectivity index (χ2n) is 4.91. The number of halogens is 1. The summed E-state index contributed by atoms with van der Waals surface area (Å²) in [6.07, 6.45) is 5.17. The van der Waals surface area contributed by atoms with Gasteiger partial charge in [0.2, 0.25) is 0 Å². The van der Waals surface area contributed by atoms with Crippen LogP contribution in [0, 0.1) is 0 Å². The zero-order chi connectivity index (χ0) is 13.9. The second kappa shape index (κ2) is 5.76. The predicted molar refractivity (Wildman–Crippen MR) is 77.7 cm³/mol. The van der Waals surface area contributed by atoms with Crippen LogP contribution in [-0.2, 0) is 13.6 Å². The van der Waals surface area contributed by atoms with Crippen molar-refractivity contribution in [2.45, 2.75) is 6.54 Å². The number of aryl methyl sites for hydroxylation is 1. The van der Waals surface area contributed by atoms with Gasteiger partial charge >= 0.3 is 0 Å². The molecule has 1 aliphatic rings. The van der Waals surface area contributed by atoms with Crippen LogP contribution in [0.2, 0.25) is 5.15 Å². The summed E-state index contributed by atoms with van der Waals surface area (Å²) in [6.45, 7) is 4.81. The molecule has 7 heteroatoms. The lowest BCUT2D eigenvalue weighted by atomic mass is 10.3. The highest BCUT2D eigenvalue weighted by molar-refractivity contribution is 6.29. The molecule has 1 fully saturated rings. The van der Waals surface area contributed by atoms with Gasteiger partial charge in [-0.2, -0.15) is 5.10 Å². The van der Waals surface area contributed by atoms with Gasteiger partial charge in [-0.05, 0) is 6.07 Å². The first-order valence-corrected chi connectivity index (χ1v) is 7.02. The molecule has 0 saturated carbocycles. The Labute approximate surface area is 123 Å². The van der Waals surface area contributed by atoms with Gasteiger partial charge in [0.25, 0.3) is 0 Å². The van der Waals surface area contributed by atoms with Gasteiger partial charge in [-0.25, -0.2) is 4.98 Å². The van der Waals surface area contributed by atoms with E-state index in [1.165, 1.54) is 5.69 Å². The quantitative estimate of drug-likeness (QED) is 0.850. The first kappa shape index (κ1) is 13.3. The smallest absolute Gasteiger partial charge is 0.149 e. The lowest BCUT2D eigenvalue weighted by Gasteiger charge is -2.35. The number of rotatable bonds is 3. The van der Waals surface area contributed by atoms with E-state index in [4.69, 9.17) is 11.6 Å². The van der Waals surface area contributed by atoms with Gasteiger partial charge in [0.15, 0.2) is 0 Å². The third-order valence-corrected chi connectivity index (χ3v) is 3.78. The summed E-state index contributed by atoms with van der Waals surface area (Å²) < 4.78 is 1.93. The molecule has 1 aliphatic heterocycles. The van der Waals surface area contributed by atoms with Crippen molar-refractivity contribution in [1.29, 1.82) is 0 Å². The predicted octanol–water partition coefficient (Wildman–Crippen LogP) is 1.19. The summed E-state index contributed by atoms with van der Waals surface area (Å²) >= 11 is 5.88. The Bertz CT molecular complexity index is 576. The molecule has 2 aromatic rings. The highest BCUT2D eigenvalue weighted by Crippen LogP contribution is 2.15. The number of aromatic nitrogens is 4. The maximum atomic E-state index is 5.88. The molecule has 0 bridgehead atoms. The Hall–Kier alpha value is -1.66. The lowest BCUT2D eigenvalue weighted by Crippen LogP contribution is -2.46. The molecule has 2 aromatic heterocycles. The summed E-state index contributed by atoms with van der Waals surface area (Å²) in [7, 11) is 1.98. The summed E-state index contributed by atoms with van der Waals surface area (Å²) in [5.41, 5.74) is 1.24. The molecule has 0 spiro atoms. The van der Waals surface area contributed by atoms with Crippen LogP contribution in [0.25, 0.3) is 0 Å². The molecule has 0 amide bonds. The Morgan fingerprint density at radius 2 is 2.00 bits per heavy atom. The molecular weight excluding hydrogens is 276 g/mol. The summed E-state index contributed by atoms with van der Waals surface area (Å²) in [5.74, 6) is 0.859. The van der Waals surface area contributed by atoms with Crippen molar-refractivity contribution in [2.75, 3.05) is 31.1 Å². The Morgan fingerprint density at radius 1 is 1.20 bits per heavy atom. The van der Waals surface area contributed by atoms with Crippen molar-refractivity contribution >= 4 is 17.4 Å². The van der Waals surface area contributed by atoms with Gasteiger partial charge in [-0.1, -0.05) is 11.6 Å². The minimum absolute atomic E-state index is 0.444. The van der Waals surface area contributed by atoms with E-state index in [-0.39, 0.29) is 0 Å². The molecule has 0 radical (unpaired) electrons. The lowest BCUT2D eigenvalue weighted by molar-refractivity contribution is 0.243.